The highest BCUT2D eigenvalue weighted by Gasteiger charge is 2.17. The summed E-state index contributed by atoms with van der Waals surface area (Å²) in [7, 11) is 0. The summed E-state index contributed by atoms with van der Waals surface area (Å²) < 4.78 is 30.7. The standard InChI is InChI=1S/C16H11ClF2N2O4/c17-11-7-13(19)12(18)6-10(11)16(24)25-8-14(22)20-21-15(23)9-4-2-1-3-5-9/h1-7H,8H2,(H,20,22)(H,21,23). The van der Waals surface area contributed by atoms with Crippen molar-refractivity contribution >= 4 is 29.4 Å². The van der Waals surface area contributed by atoms with E-state index in [2.05, 4.69) is 10.2 Å². The van der Waals surface area contributed by atoms with Crippen molar-refractivity contribution in [2.24, 2.45) is 0 Å². The van der Waals surface area contributed by atoms with Crippen LogP contribution in [0.4, 0.5) is 8.78 Å². The first-order valence-electron chi connectivity index (χ1n) is 6.84. The van der Waals surface area contributed by atoms with Gasteiger partial charge in [0, 0.05) is 5.56 Å². The van der Waals surface area contributed by atoms with Crippen LogP contribution in [0.25, 0.3) is 0 Å². The molecule has 0 atom stereocenters. The van der Waals surface area contributed by atoms with Gasteiger partial charge in [-0.25, -0.2) is 13.6 Å². The van der Waals surface area contributed by atoms with E-state index in [4.69, 9.17) is 11.6 Å². The topological polar surface area (TPSA) is 84.5 Å². The summed E-state index contributed by atoms with van der Waals surface area (Å²) >= 11 is 5.62. The lowest BCUT2D eigenvalue weighted by Gasteiger charge is -2.09. The minimum absolute atomic E-state index is 0.313. The molecule has 2 aromatic rings. The van der Waals surface area contributed by atoms with Gasteiger partial charge in [-0.05, 0) is 24.3 Å². The minimum Gasteiger partial charge on any atom is -0.452 e. The molecular weight excluding hydrogens is 358 g/mol. The van der Waals surface area contributed by atoms with Gasteiger partial charge >= 0.3 is 5.97 Å². The van der Waals surface area contributed by atoms with Crippen molar-refractivity contribution in [1.29, 1.82) is 0 Å². The third-order valence-electron chi connectivity index (χ3n) is 2.92. The Labute approximate surface area is 145 Å². The number of esters is 1. The molecule has 2 rings (SSSR count). The largest absolute Gasteiger partial charge is 0.452 e. The molecule has 0 bridgehead atoms. The predicted molar refractivity (Wildman–Crippen MR) is 83.7 cm³/mol. The van der Waals surface area contributed by atoms with Crippen LogP contribution in [0, 0.1) is 11.6 Å². The molecule has 2 N–H and O–H groups in total. The van der Waals surface area contributed by atoms with Crippen LogP contribution in [-0.2, 0) is 9.53 Å². The number of nitrogens with one attached hydrogen (secondary N) is 2. The maximum atomic E-state index is 13.1. The first kappa shape index (κ1) is 18.3. The molecule has 25 heavy (non-hydrogen) atoms. The number of halogens is 3. The Morgan fingerprint density at radius 3 is 2.32 bits per heavy atom. The fourth-order valence-electron chi connectivity index (χ4n) is 1.71. The van der Waals surface area contributed by atoms with Gasteiger partial charge in [-0.1, -0.05) is 29.8 Å². The molecule has 2 aromatic carbocycles. The number of ether oxygens (including phenoxy) is 1. The zero-order valence-corrected chi connectivity index (χ0v) is 13.3. The van der Waals surface area contributed by atoms with Crippen molar-refractivity contribution in [1.82, 2.24) is 10.9 Å². The Morgan fingerprint density at radius 1 is 1.00 bits per heavy atom. The van der Waals surface area contributed by atoms with Gasteiger partial charge in [0.2, 0.25) is 0 Å². The van der Waals surface area contributed by atoms with E-state index in [0.29, 0.717) is 17.7 Å². The van der Waals surface area contributed by atoms with Gasteiger partial charge in [0.25, 0.3) is 11.8 Å². The van der Waals surface area contributed by atoms with Crippen LogP contribution in [0.3, 0.4) is 0 Å². The molecule has 130 valence electrons. The van der Waals surface area contributed by atoms with E-state index in [-0.39, 0.29) is 5.02 Å². The lowest BCUT2D eigenvalue weighted by Crippen LogP contribution is -2.43. The highest BCUT2D eigenvalue weighted by Crippen LogP contribution is 2.20. The monoisotopic (exact) mass is 368 g/mol. The molecule has 0 aliphatic rings. The number of carbonyl (C=O) groups excluding carboxylic acids is 3. The smallest absolute Gasteiger partial charge is 0.340 e. The normalized spacial score (nSPS) is 10.0. The number of carbonyl (C=O) groups is 3. The second-order valence-corrected chi connectivity index (χ2v) is 5.10. The van der Waals surface area contributed by atoms with Gasteiger partial charge in [0.1, 0.15) is 0 Å². The van der Waals surface area contributed by atoms with E-state index >= 15 is 0 Å². The Kier molecular flexibility index (Phi) is 6.02. The number of hydrogen-bond donors (Lipinski definition) is 2. The average Bonchev–Trinajstić information content (AvgIpc) is 2.61. The van der Waals surface area contributed by atoms with Crippen LogP contribution < -0.4 is 10.9 Å². The van der Waals surface area contributed by atoms with E-state index in [1.807, 2.05) is 5.43 Å². The number of hydrogen-bond acceptors (Lipinski definition) is 4. The maximum Gasteiger partial charge on any atom is 0.340 e. The van der Waals surface area contributed by atoms with Gasteiger partial charge in [0.05, 0.1) is 10.6 Å². The Morgan fingerprint density at radius 2 is 1.64 bits per heavy atom. The quantitative estimate of drug-likeness (QED) is 0.492. The maximum absolute atomic E-state index is 13.1. The lowest BCUT2D eigenvalue weighted by molar-refractivity contribution is -0.125. The molecule has 2 amide bonds. The molecule has 0 saturated carbocycles. The molecular formula is C16H11ClF2N2O4. The Bertz CT molecular complexity index is 815. The molecule has 0 aliphatic heterocycles. The number of hydrazine groups is 1. The van der Waals surface area contributed by atoms with Crippen LogP contribution >= 0.6 is 11.6 Å². The average molecular weight is 369 g/mol. The third-order valence-corrected chi connectivity index (χ3v) is 3.23. The lowest BCUT2D eigenvalue weighted by atomic mass is 10.2. The second-order valence-electron chi connectivity index (χ2n) is 4.69. The molecule has 0 spiro atoms. The van der Waals surface area contributed by atoms with Crippen molar-refractivity contribution in [3.8, 4) is 0 Å². The molecule has 0 aliphatic carbocycles. The summed E-state index contributed by atoms with van der Waals surface area (Å²) in [5.41, 5.74) is 4.05. The van der Waals surface area contributed by atoms with E-state index < -0.39 is 41.6 Å². The minimum atomic E-state index is -1.28. The van der Waals surface area contributed by atoms with Crippen LogP contribution in [0.1, 0.15) is 20.7 Å². The van der Waals surface area contributed by atoms with Crippen LogP contribution in [0.5, 0.6) is 0 Å². The summed E-state index contributed by atoms with van der Waals surface area (Å²) in [4.78, 5) is 35.0. The fourth-order valence-corrected chi connectivity index (χ4v) is 1.94. The zero-order chi connectivity index (χ0) is 18.4. The molecule has 6 nitrogen and oxygen atoms in total. The Hall–Kier alpha value is -3.00. The molecule has 0 fully saturated rings. The van der Waals surface area contributed by atoms with Gasteiger partial charge < -0.3 is 4.74 Å². The molecule has 0 unspecified atom stereocenters. The first-order chi connectivity index (χ1) is 11.9. The van der Waals surface area contributed by atoms with E-state index in [0.717, 1.165) is 0 Å². The van der Waals surface area contributed by atoms with E-state index in [1.165, 1.54) is 12.1 Å². The Balaban J connectivity index is 1.85. The number of amides is 2. The molecule has 0 saturated heterocycles. The third kappa shape index (κ3) is 4.98. The highest BCUT2D eigenvalue weighted by molar-refractivity contribution is 6.33. The summed E-state index contributed by atoms with van der Waals surface area (Å²) in [5.74, 6) is -5.02. The first-order valence-corrected chi connectivity index (χ1v) is 7.22. The van der Waals surface area contributed by atoms with E-state index in [9.17, 15) is 23.2 Å². The SMILES string of the molecule is O=C(COC(=O)c1cc(F)c(F)cc1Cl)NNC(=O)c1ccccc1. The van der Waals surface area contributed by atoms with Gasteiger partial charge in [-0.2, -0.15) is 0 Å². The predicted octanol–water partition coefficient (Wildman–Crippen LogP) is 2.24. The van der Waals surface area contributed by atoms with Gasteiger partial charge in [-0.3, -0.25) is 20.4 Å². The van der Waals surface area contributed by atoms with Crippen LogP contribution in [-0.4, -0.2) is 24.4 Å². The summed E-state index contributed by atoms with van der Waals surface area (Å²) in [6.45, 7) is -0.761. The molecule has 0 radical (unpaired) electrons. The van der Waals surface area contributed by atoms with Gasteiger partial charge in [0.15, 0.2) is 18.2 Å². The second kappa shape index (κ2) is 8.20. The fraction of sp³-hybridized carbons (Fsp3) is 0.0625. The van der Waals surface area contributed by atoms with Crippen molar-refractivity contribution in [3.63, 3.8) is 0 Å². The van der Waals surface area contributed by atoms with Crippen LogP contribution in [0.2, 0.25) is 5.02 Å². The van der Waals surface area contributed by atoms with Crippen molar-refractivity contribution < 1.29 is 27.9 Å². The summed E-state index contributed by atoms with van der Waals surface area (Å²) in [5, 5.41) is -0.360. The molecule has 0 heterocycles. The van der Waals surface area contributed by atoms with Crippen molar-refractivity contribution in [2.45, 2.75) is 0 Å². The zero-order valence-electron chi connectivity index (χ0n) is 12.5. The summed E-state index contributed by atoms with van der Waals surface area (Å²) in [6, 6.07) is 9.26. The van der Waals surface area contributed by atoms with Gasteiger partial charge in [-0.15, -0.1) is 0 Å². The summed E-state index contributed by atoms with van der Waals surface area (Å²) in [6.07, 6.45) is 0. The van der Waals surface area contributed by atoms with E-state index in [1.54, 1.807) is 18.2 Å². The van der Waals surface area contributed by atoms with Crippen LogP contribution in [0.15, 0.2) is 42.5 Å². The number of benzene rings is 2. The van der Waals surface area contributed by atoms with Crippen molar-refractivity contribution in [3.05, 3.63) is 70.2 Å². The van der Waals surface area contributed by atoms with Crippen molar-refractivity contribution in [2.75, 3.05) is 6.61 Å². The molecule has 9 heteroatoms. The highest BCUT2D eigenvalue weighted by atomic mass is 35.5. The number of rotatable bonds is 4. The molecule has 0 aromatic heterocycles.